The Hall–Kier alpha value is -1.36. The highest BCUT2D eigenvalue weighted by molar-refractivity contribution is 9.10. The second-order valence-corrected chi connectivity index (χ2v) is 5.76. The number of nitrogens with zero attached hydrogens (tertiary/aromatic N) is 2. The predicted octanol–water partition coefficient (Wildman–Crippen LogP) is 3.93. The molecule has 5 heteroatoms. The number of imidazole rings is 1. The summed E-state index contributed by atoms with van der Waals surface area (Å²) in [4.78, 5) is 4.53. The molecule has 0 aliphatic heterocycles. The van der Waals surface area contributed by atoms with Gasteiger partial charge in [-0.15, -0.1) is 0 Å². The van der Waals surface area contributed by atoms with E-state index in [0.717, 1.165) is 25.1 Å². The Kier molecular flexibility index (Phi) is 3.09. The predicted molar refractivity (Wildman–Crippen MR) is 77.4 cm³/mol. The minimum absolute atomic E-state index is 0.302. The van der Waals surface area contributed by atoms with Crippen LogP contribution >= 0.6 is 15.9 Å². The van der Waals surface area contributed by atoms with Crippen molar-refractivity contribution in [2.75, 3.05) is 5.73 Å². The molecule has 3 nitrogen and oxygen atoms in total. The average molecular weight is 324 g/mol. The number of aromatic nitrogens is 2. The molecule has 0 saturated heterocycles. The fourth-order valence-corrected chi connectivity index (χ4v) is 2.70. The molecule has 3 rings (SSSR count). The minimum atomic E-state index is -0.302. The van der Waals surface area contributed by atoms with E-state index < -0.39 is 0 Å². The number of hydrogen-bond donors (Lipinski definition) is 1. The van der Waals surface area contributed by atoms with Crippen molar-refractivity contribution in [3.05, 3.63) is 34.3 Å². The maximum atomic E-state index is 14.0. The van der Waals surface area contributed by atoms with E-state index in [0.29, 0.717) is 27.6 Å². The summed E-state index contributed by atoms with van der Waals surface area (Å²) >= 11 is 3.26. The summed E-state index contributed by atoms with van der Waals surface area (Å²) in [5.74, 6) is 1.22. The molecule has 19 heavy (non-hydrogen) atoms. The van der Waals surface area contributed by atoms with Gasteiger partial charge in [0.2, 0.25) is 0 Å². The number of nitrogen functional groups attached to an aromatic ring is 1. The molecule has 1 fully saturated rings. The summed E-state index contributed by atoms with van der Waals surface area (Å²) in [5, 5.41) is 0. The Labute approximate surface area is 119 Å². The van der Waals surface area contributed by atoms with Gasteiger partial charge in [0.15, 0.2) is 0 Å². The van der Waals surface area contributed by atoms with Crippen LogP contribution in [0.15, 0.2) is 22.7 Å². The van der Waals surface area contributed by atoms with Crippen LogP contribution < -0.4 is 5.73 Å². The number of anilines is 1. The third-order valence-corrected chi connectivity index (χ3v) is 3.93. The number of rotatable bonds is 3. The number of nitrogens with two attached hydrogens (primary N) is 1. The van der Waals surface area contributed by atoms with E-state index in [4.69, 9.17) is 5.73 Å². The second-order valence-electron chi connectivity index (χ2n) is 4.84. The van der Waals surface area contributed by atoms with Gasteiger partial charge in [0.25, 0.3) is 0 Å². The molecule has 0 atom stereocenters. The van der Waals surface area contributed by atoms with E-state index in [9.17, 15) is 4.39 Å². The topological polar surface area (TPSA) is 43.8 Å². The van der Waals surface area contributed by atoms with Crippen molar-refractivity contribution in [3.63, 3.8) is 0 Å². The highest BCUT2D eigenvalue weighted by Crippen LogP contribution is 2.41. The molecule has 1 aliphatic rings. The third kappa shape index (κ3) is 2.16. The molecule has 1 aliphatic carbocycles. The zero-order valence-corrected chi connectivity index (χ0v) is 12.2. The molecule has 2 N–H and O–H groups in total. The average Bonchev–Trinajstić information content (AvgIpc) is 3.14. The van der Waals surface area contributed by atoms with Crippen molar-refractivity contribution in [2.24, 2.45) is 0 Å². The Morgan fingerprint density at radius 3 is 2.79 bits per heavy atom. The van der Waals surface area contributed by atoms with Crippen molar-refractivity contribution >= 4 is 21.7 Å². The lowest BCUT2D eigenvalue weighted by atomic mass is 10.1. The monoisotopic (exact) mass is 323 g/mol. The zero-order valence-electron chi connectivity index (χ0n) is 10.7. The lowest BCUT2D eigenvalue weighted by molar-refractivity contribution is 0.630. The van der Waals surface area contributed by atoms with Gasteiger partial charge >= 0.3 is 0 Å². The first-order valence-corrected chi connectivity index (χ1v) is 7.23. The number of hydrogen-bond acceptors (Lipinski definition) is 2. The Morgan fingerprint density at radius 1 is 1.47 bits per heavy atom. The van der Waals surface area contributed by atoms with Crippen molar-refractivity contribution in [1.29, 1.82) is 0 Å². The molecule has 0 spiro atoms. The molecular formula is C14H15BrFN3. The van der Waals surface area contributed by atoms with E-state index in [1.165, 1.54) is 6.07 Å². The fraction of sp³-hybridized carbons (Fsp3) is 0.357. The van der Waals surface area contributed by atoms with Gasteiger partial charge in [0.05, 0.1) is 0 Å². The summed E-state index contributed by atoms with van der Waals surface area (Å²) in [6.07, 6.45) is 3.07. The fourth-order valence-electron chi connectivity index (χ4n) is 2.36. The van der Waals surface area contributed by atoms with Crippen LogP contribution in [0, 0.1) is 5.82 Å². The quantitative estimate of drug-likeness (QED) is 0.930. The Balaban J connectivity index is 2.14. The van der Waals surface area contributed by atoms with Crippen LogP contribution in [0.3, 0.4) is 0 Å². The third-order valence-electron chi connectivity index (χ3n) is 3.44. The van der Waals surface area contributed by atoms with Crippen molar-refractivity contribution in [2.45, 2.75) is 32.2 Å². The van der Waals surface area contributed by atoms with Gasteiger partial charge in [0, 0.05) is 22.5 Å². The number of aryl methyl sites for hydroxylation is 1. The van der Waals surface area contributed by atoms with E-state index in [1.54, 1.807) is 12.1 Å². The first-order valence-electron chi connectivity index (χ1n) is 6.43. The first kappa shape index (κ1) is 12.7. The van der Waals surface area contributed by atoms with Gasteiger partial charge in [-0.05, 0) is 31.0 Å². The van der Waals surface area contributed by atoms with Crippen LogP contribution in [0.2, 0.25) is 0 Å². The minimum Gasteiger partial charge on any atom is -0.383 e. The lowest BCUT2D eigenvalue weighted by Crippen LogP contribution is -2.04. The molecule has 100 valence electrons. The molecule has 1 aromatic carbocycles. The van der Waals surface area contributed by atoms with Crippen LogP contribution in [0.4, 0.5) is 10.2 Å². The maximum Gasteiger partial charge on any atom is 0.133 e. The Morgan fingerprint density at radius 2 is 2.21 bits per heavy atom. The summed E-state index contributed by atoms with van der Waals surface area (Å²) in [7, 11) is 0. The molecule has 1 heterocycles. The van der Waals surface area contributed by atoms with E-state index in [1.807, 2.05) is 6.92 Å². The highest BCUT2D eigenvalue weighted by atomic mass is 79.9. The molecule has 0 radical (unpaired) electrons. The van der Waals surface area contributed by atoms with Crippen LogP contribution in [0.1, 0.15) is 31.6 Å². The first-order chi connectivity index (χ1) is 9.11. The standard InChI is InChI=1S/C14H15BrFN3/c1-2-12-18-13(14(17)19(12)9-4-5-9)10-6-3-8(15)7-11(10)16/h3,6-7,9H,2,4-5,17H2,1H3. The second kappa shape index (κ2) is 4.63. The molecule has 1 saturated carbocycles. The van der Waals surface area contributed by atoms with Crippen LogP contribution in [0.25, 0.3) is 11.3 Å². The molecular weight excluding hydrogens is 309 g/mol. The number of benzene rings is 1. The van der Waals surface area contributed by atoms with Crippen LogP contribution in [-0.4, -0.2) is 9.55 Å². The van der Waals surface area contributed by atoms with Gasteiger partial charge in [-0.1, -0.05) is 22.9 Å². The molecule has 0 bridgehead atoms. The van der Waals surface area contributed by atoms with Crippen molar-refractivity contribution < 1.29 is 4.39 Å². The maximum absolute atomic E-state index is 14.0. The molecule has 0 amide bonds. The highest BCUT2D eigenvalue weighted by Gasteiger charge is 2.30. The molecule has 1 aromatic heterocycles. The van der Waals surface area contributed by atoms with E-state index in [2.05, 4.69) is 25.5 Å². The molecule has 0 unspecified atom stereocenters. The Bertz CT molecular complexity index is 632. The van der Waals surface area contributed by atoms with E-state index >= 15 is 0 Å². The summed E-state index contributed by atoms with van der Waals surface area (Å²) in [6.45, 7) is 2.04. The van der Waals surface area contributed by atoms with Crippen molar-refractivity contribution in [3.8, 4) is 11.3 Å². The largest absolute Gasteiger partial charge is 0.383 e. The van der Waals surface area contributed by atoms with Gasteiger partial charge in [0.1, 0.15) is 23.2 Å². The zero-order chi connectivity index (χ0) is 13.6. The SMILES string of the molecule is CCc1nc(-c2ccc(Br)cc2F)c(N)n1C1CC1. The van der Waals surface area contributed by atoms with Crippen LogP contribution in [-0.2, 0) is 6.42 Å². The van der Waals surface area contributed by atoms with Crippen molar-refractivity contribution in [1.82, 2.24) is 9.55 Å². The van der Waals surface area contributed by atoms with E-state index in [-0.39, 0.29) is 5.82 Å². The summed E-state index contributed by atoms with van der Waals surface area (Å²) < 4.78 is 16.8. The van der Waals surface area contributed by atoms with Crippen LogP contribution in [0.5, 0.6) is 0 Å². The summed E-state index contributed by atoms with van der Waals surface area (Å²) in [6, 6.07) is 5.42. The molecule has 2 aromatic rings. The number of halogens is 2. The smallest absolute Gasteiger partial charge is 0.133 e. The summed E-state index contributed by atoms with van der Waals surface area (Å²) in [5.41, 5.74) is 7.21. The normalized spacial score (nSPS) is 14.9. The van der Waals surface area contributed by atoms with Gasteiger partial charge in [-0.3, -0.25) is 0 Å². The lowest BCUT2D eigenvalue weighted by Gasteiger charge is -2.06. The van der Waals surface area contributed by atoms with Gasteiger partial charge in [-0.25, -0.2) is 9.37 Å². The van der Waals surface area contributed by atoms with Gasteiger partial charge in [-0.2, -0.15) is 0 Å². The van der Waals surface area contributed by atoms with Gasteiger partial charge < -0.3 is 10.3 Å².